The van der Waals surface area contributed by atoms with E-state index < -0.39 is 17.6 Å². The summed E-state index contributed by atoms with van der Waals surface area (Å²) in [7, 11) is 0. The molecule has 2 N–H and O–H groups in total. The number of rotatable bonds is 5. The van der Waals surface area contributed by atoms with Gasteiger partial charge in [-0.3, -0.25) is 0 Å². The van der Waals surface area contributed by atoms with Crippen molar-refractivity contribution < 1.29 is 18.7 Å². The Morgan fingerprint density at radius 1 is 1.25 bits per heavy atom. The van der Waals surface area contributed by atoms with Crippen LogP contribution in [0, 0.1) is 11.6 Å². The third-order valence-corrected chi connectivity index (χ3v) is 2.67. The lowest BCUT2D eigenvalue weighted by Crippen LogP contribution is -2.11. The number of aromatic nitrogens is 1. The van der Waals surface area contributed by atoms with Crippen LogP contribution in [0.1, 0.15) is 15.9 Å². The maximum absolute atomic E-state index is 13.0. The third-order valence-electron chi connectivity index (χ3n) is 2.67. The summed E-state index contributed by atoms with van der Waals surface area (Å²) in [6, 6.07) is 6.23. The molecule has 6 heteroatoms. The molecule has 0 aliphatic rings. The largest absolute Gasteiger partial charge is 0.478 e. The molecular weight excluding hydrogens is 266 g/mol. The number of aromatic carboxylic acids is 1. The highest BCUT2D eigenvalue weighted by molar-refractivity contribution is 5.92. The molecule has 0 aliphatic carbocycles. The zero-order chi connectivity index (χ0) is 14.5. The van der Waals surface area contributed by atoms with E-state index in [2.05, 4.69) is 10.3 Å². The van der Waals surface area contributed by atoms with Crippen LogP contribution in [-0.2, 0) is 6.42 Å². The van der Waals surface area contributed by atoms with Gasteiger partial charge in [-0.1, -0.05) is 0 Å². The molecule has 0 bridgehead atoms. The van der Waals surface area contributed by atoms with Gasteiger partial charge in [0, 0.05) is 18.8 Å². The summed E-state index contributed by atoms with van der Waals surface area (Å²) in [5.74, 6) is -2.12. The van der Waals surface area contributed by atoms with Crippen LogP contribution in [0.2, 0.25) is 0 Å². The van der Waals surface area contributed by atoms with Gasteiger partial charge < -0.3 is 10.4 Å². The van der Waals surface area contributed by atoms with Crippen LogP contribution in [0.25, 0.3) is 0 Å². The molecule has 0 amide bonds. The second-order valence-corrected chi connectivity index (χ2v) is 4.16. The minimum absolute atomic E-state index is 0.0536. The molecule has 1 aromatic carbocycles. The van der Waals surface area contributed by atoms with Gasteiger partial charge in [-0.05, 0) is 36.2 Å². The van der Waals surface area contributed by atoms with E-state index in [4.69, 9.17) is 5.11 Å². The molecule has 1 heterocycles. The topological polar surface area (TPSA) is 62.2 Å². The molecule has 4 nitrogen and oxygen atoms in total. The van der Waals surface area contributed by atoms with E-state index in [1.165, 1.54) is 30.5 Å². The minimum Gasteiger partial charge on any atom is -0.478 e. The molecule has 104 valence electrons. The van der Waals surface area contributed by atoms with Gasteiger partial charge in [0.1, 0.15) is 23.0 Å². The molecule has 0 atom stereocenters. The van der Waals surface area contributed by atoms with Gasteiger partial charge in [0.2, 0.25) is 0 Å². The zero-order valence-corrected chi connectivity index (χ0v) is 10.4. The number of benzene rings is 1. The number of carbonyl (C=O) groups is 1. The summed E-state index contributed by atoms with van der Waals surface area (Å²) in [6.07, 6.45) is 1.82. The monoisotopic (exact) mass is 278 g/mol. The lowest BCUT2D eigenvalue weighted by Gasteiger charge is -2.08. The zero-order valence-electron chi connectivity index (χ0n) is 10.4. The van der Waals surface area contributed by atoms with E-state index in [0.29, 0.717) is 18.5 Å². The molecule has 0 radical (unpaired) electrons. The number of nitrogens with one attached hydrogen (secondary N) is 1. The summed E-state index contributed by atoms with van der Waals surface area (Å²) in [5.41, 5.74) is 0.542. The van der Waals surface area contributed by atoms with Gasteiger partial charge in [0.15, 0.2) is 0 Å². The fourth-order valence-corrected chi connectivity index (χ4v) is 1.80. The van der Waals surface area contributed by atoms with E-state index in [-0.39, 0.29) is 11.4 Å². The van der Waals surface area contributed by atoms with E-state index in [1.54, 1.807) is 0 Å². The average molecular weight is 278 g/mol. The quantitative estimate of drug-likeness (QED) is 0.882. The fourth-order valence-electron chi connectivity index (χ4n) is 1.80. The molecule has 0 saturated heterocycles. The predicted octanol–water partition coefficient (Wildman–Crippen LogP) is 2.71. The Hall–Kier alpha value is -2.50. The van der Waals surface area contributed by atoms with Gasteiger partial charge in [-0.25, -0.2) is 18.6 Å². The summed E-state index contributed by atoms with van der Waals surface area (Å²) >= 11 is 0. The predicted molar refractivity (Wildman–Crippen MR) is 69.7 cm³/mol. The minimum atomic E-state index is -1.09. The number of hydrogen-bond donors (Lipinski definition) is 2. The molecule has 0 fully saturated rings. The third kappa shape index (κ3) is 3.50. The van der Waals surface area contributed by atoms with Crippen molar-refractivity contribution in [3.8, 4) is 0 Å². The van der Waals surface area contributed by atoms with Crippen molar-refractivity contribution in [2.24, 2.45) is 0 Å². The highest BCUT2D eigenvalue weighted by atomic mass is 19.1. The molecular formula is C14H12F2N2O2. The summed E-state index contributed by atoms with van der Waals surface area (Å²) in [5, 5.41) is 11.8. The summed E-state index contributed by atoms with van der Waals surface area (Å²) in [4.78, 5) is 14.9. The number of carboxylic acids is 1. The van der Waals surface area contributed by atoms with Crippen molar-refractivity contribution in [1.29, 1.82) is 0 Å². The molecule has 0 saturated carbocycles. The Kier molecular flexibility index (Phi) is 4.24. The van der Waals surface area contributed by atoms with Crippen LogP contribution in [-0.4, -0.2) is 22.6 Å². The highest BCUT2D eigenvalue weighted by Gasteiger charge is 2.09. The summed E-state index contributed by atoms with van der Waals surface area (Å²) < 4.78 is 26.0. The van der Waals surface area contributed by atoms with Gasteiger partial charge in [0.05, 0.1) is 0 Å². The molecule has 1 aromatic heterocycles. The lowest BCUT2D eigenvalue weighted by molar-refractivity contribution is 0.0697. The number of pyridine rings is 1. The van der Waals surface area contributed by atoms with Gasteiger partial charge in [-0.2, -0.15) is 0 Å². The van der Waals surface area contributed by atoms with Crippen molar-refractivity contribution in [3.05, 3.63) is 59.3 Å². The Morgan fingerprint density at radius 2 is 1.95 bits per heavy atom. The Morgan fingerprint density at radius 3 is 2.60 bits per heavy atom. The molecule has 0 unspecified atom stereocenters. The second kappa shape index (κ2) is 6.10. The number of carboxylic acid groups (broad SMARTS) is 1. The average Bonchev–Trinajstić information content (AvgIpc) is 2.38. The van der Waals surface area contributed by atoms with Crippen molar-refractivity contribution >= 4 is 11.8 Å². The van der Waals surface area contributed by atoms with Crippen molar-refractivity contribution in [1.82, 2.24) is 4.98 Å². The van der Waals surface area contributed by atoms with E-state index in [0.717, 1.165) is 6.07 Å². The van der Waals surface area contributed by atoms with Gasteiger partial charge in [0.25, 0.3) is 0 Å². The van der Waals surface area contributed by atoms with Crippen LogP contribution < -0.4 is 5.32 Å². The first kappa shape index (κ1) is 13.9. The van der Waals surface area contributed by atoms with E-state index >= 15 is 0 Å². The van der Waals surface area contributed by atoms with E-state index in [9.17, 15) is 13.6 Å². The standard InChI is InChI=1S/C14H12F2N2O2/c15-10-6-9(7-11(16)8-10)3-5-18-13-12(14(19)20)2-1-4-17-13/h1-2,4,6-8H,3,5H2,(H,17,18)(H,19,20). The molecule has 0 aliphatic heterocycles. The number of nitrogens with zero attached hydrogens (tertiary/aromatic N) is 1. The first-order valence-electron chi connectivity index (χ1n) is 5.93. The molecule has 2 rings (SSSR count). The van der Waals surface area contributed by atoms with Crippen LogP contribution >= 0.6 is 0 Å². The van der Waals surface area contributed by atoms with Crippen LogP contribution in [0.4, 0.5) is 14.6 Å². The smallest absolute Gasteiger partial charge is 0.339 e. The van der Waals surface area contributed by atoms with E-state index in [1.807, 2.05) is 0 Å². The normalized spacial score (nSPS) is 10.3. The van der Waals surface area contributed by atoms with Crippen molar-refractivity contribution in [2.75, 3.05) is 11.9 Å². The molecule has 2 aromatic rings. The lowest BCUT2D eigenvalue weighted by atomic mass is 10.1. The number of halogens is 2. The Labute approximate surface area is 114 Å². The SMILES string of the molecule is O=C(O)c1cccnc1NCCc1cc(F)cc(F)c1. The van der Waals surface area contributed by atoms with Crippen molar-refractivity contribution in [2.45, 2.75) is 6.42 Å². The maximum atomic E-state index is 13.0. The first-order valence-corrected chi connectivity index (χ1v) is 5.93. The molecule has 0 spiro atoms. The van der Waals surface area contributed by atoms with Gasteiger partial charge in [-0.15, -0.1) is 0 Å². The number of anilines is 1. The Balaban J connectivity index is 2.01. The second-order valence-electron chi connectivity index (χ2n) is 4.16. The molecule has 20 heavy (non-hydrogen) atoms. The highest BCUT2D eigenvalue weighted by Crippen LogP contribution is 2.12. The van der Waals surface area contributed by atoms with Crippen LogP contribution in [0.5, 0.6) is 0 Å². The fraction of sp³-hybridized carbons (Fsp3) is 0.143. The number of hydrogen-bond acceptors (Lipinski definition) is 3. The van der Waals surface area contributed by atoms with Crippen LogP contribution in [0.15, 0.2) is 36.5 Å². The maximum Gasteiger partial charge on any atom is 0.339 e. The van der Waals surface area contributed by atoms with Crippen LogP contribution in [0.3, 0.4) is 0 Å². The van der Waals surface area contributed by atoms with Gasteiger partial charge >= 0.3 is 5.97 Å². The summed E-state index contributed by atoms with van der Waals surface area (Å²) in [6.45, 7) is 0.320. The van der Waals surface area contributed by atoms with Crippen molar-refractivity contribution in [3.63, 3.8) is 0 Å². The first-order chi connectivity index (χ1) is 9.56. The Bertz CT molecular complexity index is 612.